The predicted octanol–water partition coefficient (Wildman–Crippen LogP) is 0.681. The second-order valence-corrected chi connectivity index (χ2v) is 5.56. The van der Waals surface area contributed by atoms with Gasteiger partial charge in [-0.15, -0.1) is 0 Å². The average Bonchev–Trinajstić information content (AvgIpc) is 3.02. The van der Waals surface area contributed by atoms with Gasteiger partial charge in [0.15, 0.2) is 0 Å². The van der Waals surface area contributed by atoms with Crippen molar-refractivity contribution in [3.63, 3.8) is 0 Å². The van der Waals surface area contributed by atoms with Gasteiger partial charge in [-0.05, 0) is 32.2 Å². The topological polar surface area (TPSA) is 35.6 Å². The third kappa shape index (κ3) is 3.96. The molecule has 4 heteroatoms. The molecule has 1 saturated carbocycles. The molecule has 1 aliphatic heterocycles. The number of hydrogen-bond donors (Lipinski definition) is 1. The van der Waals surface area contributed by atoms with E-state index in [1.165, 1.54) is 32.2 Å². The summed E-state index contributed by atoms with van der Waals surface area (Å²) in [6.45, 7) is 3.23. The molecular formula is C13H25N3O. The van der Waals surface area contributed by atoms with E-state index in [0.717, 1.165) is 19.1 Å². The molecule has 0 spiro atoms. The molecule has 1 unspecified atom stereocenters. The first-order valence-electron chi connectivity index (χ1n) is 6.84. The fourth-order valence-electron chi connectivity index (χ4n) is 2.52. The molecule has 2 fully saturated rings. The van der Waals surface area contributed by atoms with Crippen LogP contribution in [0.4, 0.5) is 0 Å². The summed E-state index contributed by atoms with van der Waals surface area (Å²) in [6.07, 6.45) is 5.91. The monoisotopic (exact) mass is 239 g/mol. The highest BCUT2D eigenvalue weighted by Crippen LogP contribution is 2.27. The second kappa shape index (κ2) is 5.83. The Hall–Kier alpha value is -0.610. The Kier molecular flexibility index (Phi) is 4.40. The van der Waals surface area contributed by atoms with Crippen molar-refractivity contribution in [2.75, 3.05) is 33.7 Å². The summed E-state index contributed by atoms with van der Waals surface area (Å²) < 4.78 is 0. The van der Waals surface area contributed by atoms with Crippen LogP contribution in [-0.4, -0.2) is 61.5 Å². The minimum absolute atomic E-state index is 0.245. The lowest BCUT2D eigenvalue weighted by molar-refractivity contribution is -0.129. The summed E-state index contributed by atoms with van der Waals surface area (Å²) in [5.74, 6) is 0.245. The van der Waals surface area contributed by atoms with Gasteiger partial charge in [-0.2, -0.15) is 0 Å². The Balaban J connectivity index is 1.74. The Labute approximate surface area is 104 Å². The molecule has 17 heavy (non-hydrogen) atoms. The molecule has 0 aromatic carbocycles. The fraction of sp³-hybridized carbons (Fsp3) is 0.923. The van der Waals surface area contributed by atoms with Crippen molar-refractivity contribution < 1.29 is 4.79 Å². The van der Waals surface area contributed by atoms with Gasteiger partial charge in [0.1, 0.15) is 0 Å². The first-order valence-corrected chi connectivity index (χ1v) is 6.84. The lowest BCUT2D eigenvalue weighted by Gasteiger charge is -2.25. The van der Waals surface area contributed by atoms with Crippen molar-refractivity contribution in [1.82, 2.24) is 15.1 Å². The molecule has 0 aromatic heterocycles. The van der Waals surface area contributed by atoms with Gasteiger partial charge in [0.2, 0.25) is 5.91 Å². The molecule has 4 nitrogen and oxygen atoms in total. The molecule has 2 rings (SSSR count). The molecule has 98 valence electrons. The lowest BCUT2D eigenvalue weighted by atomic mass is 10.2. The molecule has 0 bridgehead atoms. The standard InChI is InChI=1S/C13H25N3O/c1-15(2)13(17)7-9-16(12-5-6-12)10-11-4-3-8-14-11/h11-12,14H,3-10H2,1-2H3. The maximum absolute atomic E-state index is 11.6. The minimum atomic E-state index is 0.245. The molecule has 1 atom stereocenters. The van der Waals surface area contributed by atoms with E-state index in [1.807, 2.05) is 14.1 Å². The van der Waals surface area contributed by atoms with E-state index in [2.05, 4.69) is 10.2 Å². The molecular weight excluding hydrogens is 214 g/mol. The van der Waals surface area contributed by atoms with Gasteiger partial charge in [-0.25, -0.2) is 0 Å². The van der Waals surface area contributed by atoms with Crippen LogP contribution in [0.25, 0.3) is 0 Å². The summed E-state index contributed by atoms with van der Waals surface area (Å²) in [5.41, 5.74) is 0. The Morgan fingerprint density at radius 1 is 1.29 bits per heavy atom. The number of hydrogen-bond acceptors (Lipinski definition) is 3. The van der Waals surface area contributed by atoms with Gasteiger partial charge in [0.05, 0.1) is 0 Å². The number of nitrogens with one attached hydrogen (secondary N) is 1. The van der Waals surface area contributed by atoms with E-state index in [1.54, 1.807) is 4.90 Å². The highest BCUT2D eigenvalue weighted by molar-refractivity contribution is 5.75. The van der Waals surface area contributed by atoms with Gasteiger partial charge in [0.25, 0.3) is 0 Å². The highest BCUT2D eigenvalue weighted by Gasteiger charge is 2.31. The molecule has 1 aliphatic carbocycles. The first kappa shape index (κ1) is 12.8. The number of rotatable bonds is 6. The lowest BCUT2D eigenvalue weighted by Crippen LogP contribution is -2.40. The van der Waals surface area contributed by atoms with Crippen molar-refractivity contribution in [3.05, 3.63) is 0 Å². The largest absolute Gasteiger partial charge is 0.349 e. The van der Waals surface area contributed by atoms with Crippen molar-refractivity contribution in [2.45, 2.75) is 44.2 Å². The van der Waals surface area contributed by atoms with Crippen LogP contribution in [0.3, 0.4) is 0 Å². The maximum atomic E-state index is 11.6. The van der Waals surface area contributed by atoms with Crippen molar-refractivity contribution in [3.8, 4) is 0 Å². The molecule has 1 saturated heterocycles. The average molecular weight is 239 g/mol. The Bertz CT molecular complexity index is 257. The SMILES string of the molecule is CN(C)C(=O)CCN(CC1CCCN1)C1CC1. The predicted molar refractivity (Wildman–Crippen MR) is 68.9 cm³/mol. The molecule has 1 amide bonds. The smallest absolute Gasteiger partial charge is 0.223 e. The maximum Gasteiger partial charge on any atom is 0.223 e. The van der Waals surface area contributed by atoms with Crippen LogP contribution in [0.15, 0.2) is 0 Å². The van der Waals surface area contributed by atoms with Gasteiger partial charge in [0, 0.05) is 45.7 Å². The van der Waals surface area contributed by atoms with E-state index in [9.17, 15) is 4.79 Å². The van der Waals surface area contributed by atoms with Crippen molar-refractivity contribution in [2.24, 2.45) is 0 Å². The summed E-state index contributed by atoms with van der Waals surface area (Å²) in [5, 5.41) is 3.54. The molecule has 0 aromatic rings. The number of amides is 1. The summed E-state index contributed by atoms with van der Waals surface area (Å²) in [7, 11) is 3.67. The third-order valence-corrected chi connectivity index (χ3v) is 3.79. The zero-order chi connectivity index (χ0) is 12.3. The number of carbonyl (C=O) groups is 1. The van der Waals surface area contributed by atoms with E-state index >= 15 is 0 Å². The Morgan fingerprint density at radius 3 is 2.59 bits per heavy atom. The summed E-state index contributed by atoms with van der Waals surface area (Å²) >= 11 is 0. The van der Waals surface area contributed by atoms with E-state index in [-0.39, 0.29) is 5.91 Å². The number of nitrogens with zero attached hydrogens (tertiary/aromatic N) is 2. The van der Waals surface area contributed by atoms with E-state index in [4.69, 9.17) is 0 Å². The molecule has 1 N–H and O–H groups in total. The third-order valence-electron chi connectivity index (χ3n) is 3.79. The molecule has 1 heterocycles. The van der Waals surface area contributed by atoms with Gasteiger partial charge >= 0.3 is 0 Å². The summed E-state index contributed by atoms with van der Waals surface area (Å²) in [4.78, 5) is 15.8. The van der Waals surface area contributed by atoms with Crippen LogP contribution in [0.5, 0.6) is 0 Å². The van der Waals surface area contributed by atoms with Gasteiger partial charge in [-0.1, -0.05) is 0 Å². The summed E-state index contributed by atoms with van der Waals surface area (Å²) in [6, 6.07) is 1.41. The first-order chi connectivity index (χ1) is 8.16. The minimum Gasteiger partial charge on any atom is -0.349 e. The van der Waals surface area contributed by atoms with Crippen LogP contribution in [0.2, 0.25) is 0 Å². The van der Waals surface area contributed by atoms with Crippen LogP contribution in [-0.2, 0) is 4.79 Å². The molecule has 2 aliphatic rings. The van der Waals surface area contributed by atoms with Crippen molar-refractivity contribution in [1.29, 1.82) is 0 Å². The van der Waals surface area contributed by atoms with Crippen molar-refractivity contribution >= 4 is 5.91 Å². The number of carbonyl (C=O) groups excluding carboxylic acids is 1. The van der Waals surface area contributed by atoms with Crippen LogP contribution in [0.1, 0.15) is 32.1 Å². The zero-order valence-electron chi connectivity index (χ0n) is 11.1. The zero-order valence-corrected chi connectivity index (χ0v) is 11.1. The van der Waals surface area contributed by atoms with Gasteiger partial charge < -0.3 is 10.2 Å². The van der Waals surface area contributed by atoms with E-state index < -0.39 is 0 Å². The van der Waals surface area contributed by atoms with E-state index in [0.29, 0.717) is 12.5 Å². The molecule has 0 radical (unpaired) electrons. The normalized spacial score (nSPS) is 24.3. The van der Waals surface area contributed by atoms with Crippen LogP contribution >= 0.6 is 0 Å². The fourth-order valence-corrected chi connectivity index (χ4v) is 2.52. The van der Waals surface area contributed by atoms with Gasteiger partial charge in [-0.3, -0.25) is 9.69 Å². The van der Waals surface area contributed by atoms with Crippen LogP contribution in [0, 0.1) is 0 Å². The quantitative estimate of drug-likeness (QED) is 0.740. The van der Waals surface area contributed by atoms with Crippen LogP contribution < -0.4 is 5.32 Å². The highest BCUT2D eigenvalue weighted by atomic mass is 16.2. The second-order valence-electron chi connectivity index (χ2n) is 5.56. The Morgan fingerprint density at radius 2 is 2.06 bits per heavy atom.